The SMILES string of the molecule is O=C(c1nc2ccccn2c1CNCCCc1ccccc1)N1CCOCC1. The first-order valence-electron chi connectivity index (χ1n) is 9.90. The Morgan fingerprint density at radius 2 is 1.86 bits per heavy atom. The van der Waals surface area contributed by atoms with Crippen LogP contribution in [0, 0.1) is 0 Å². The van der Waals surface area contributed by atoms with Gasteiger partial charge in [0, 0.05) is 25.8 Å². The van der Waals surface area contributed by atoms with Crippen LogP contribution in [0.3, 0.4) is 0 Å². The predicted molar refractivity (Wildman–Crippen MR) is 108 cm³/mol. The van der Waals surface area contributed by atoms with E-state index >= 15 is 0 Å². The number of morpholine rings is 1. The standard InChI is InChI=1S/C22H26N4O2/c27-22(25-13-15-28-16-14-25)21-19(26-12-5-4-10-20(26)24-21)17-23-11-6-9-18-7-2-1-3-8-18/h1-5,7-8,10,12,23H,6,9,11,13-17H2. The molecule has 0 unspecified atom stereocenters. The van der Waals surface area contributed by atoms with E-state index in [2.05, 4.69) is 34.6 Å². The predicted octanol–water partition coefficient (Wildman–Crippen LogP) is 2.53. The van der Waals surface area contributed by atoms with Gasteiger partial charge in [0.05, 0.1) is 18.9 Å². The third-order valence-corrected chi connectivity index (χ3v) is 5.08. The molecule has 1 fully saturated rings. The Balaban J connectivity index is 1.43. The van der Waals surface area contributed by atoms with Crippen molar-refractivity contribution in [3.05, 3.63) is 71.7 Å². The van der Waals surface area contributed by atoms with E-state index in [-0.39, 0.29) is 5.91 Å². The lowest BCUT2D eigenvalue weighted by Gasteiger charge is -2.26. The molecule has 1 N–H and O–H groups in total. The monoisotopic (exact) mass is 378 g/mol. The summed E-state index contributed by atoms with van der Waals surface area (Å²) in [5.74, 6) is -0.00640. The zero-order valence-electron chi connectivity index (χ0n) is 16.0. The molecular weight excluding hydrogens is 352 g/mol. The number of nitrogens with one attached hydrogen (secondary N) is 1. The maximum absolute atomic E-state index is 13.0. The molecule has 2 aromatic heterocycles. The van der Waals surface area contributed by atoms with E-state index in [1.807, 2.05) is 39.8 Å². The fourth-order valence-electron chi connectivity index (χ4n) is 3.57. The minimum atomic E-state index is -0.00640. The second-order valence-corrected chi connectivity index (χ2v) is 7.01. The van der Waals surface area contributed by atoms with E-state index in [1.54, 1.807) is 0 Å². The molecule has 28 heavy (non-hydrogen) atoms. The molecule has 4 rings (SSSR count). The van der Waals surface area contributed by atoms with Gasteiger partial charge in [0.25, 0.3) is 5.91 Å². The number of pyridine rings is 1. The Kier molecular flexibility index (Phi) is 5.99. The Morgan fingerprint density at radius 3 is 2.68 bits per heavy atom. The lowest BCUT2D eigenvalue weighted by Crippen LogP contribution is -2.41. The number of benzene rings is 1. The van der Waals surface area contributed by atoms with Crippen molar-refractivity contribution in [1.29, 1.82) is 0 Å². The molecule has 3 aromatic rings. The van der Waals surface area contributed by atoms with Crippen molar-refractivity contribution in [3.63, 3.8) is 0 Å². The van der Waals surface area contributed by atoms with Crippen LogP contribution in [0.1, 0.15) is 28.2 Å². The number of imidazole rings is 1. The first-order valence-corrected chi connectivity index (χ1v) is 9.90. The molecule has 0 saturated carbocycles. The summed E-state index contributed by atoms with van der Waals surface area (Å²) in [5.41, 5.74) is 3.62. The van der Waals surface area contributed by atoms with E-state index in [0.717, 1.165) is 30.7 Å². The highest BCUT2D eigenvalue weighted by Crippen LogP contribution is 2.16. The van der Waals surface area contributed by atoms with E-state index in [0.29, 0.717) is 38.5 Å². The number of hydrogen-bond donors (Lipinski definition) is 1. The summed E-state index contributed by atoms with van der Waals surface area (Å²) in [7, 11) is 0. The summed E-state index contributed by atoms with van der Waals surface area (Å²) in [5, 5.41) is 3.49. The molecule has 1 amide bonds. The zero-order valence-corrected chi connectivity index (χ0v) is 16.0. The molecule has 0 atom stereocenters. The van der Waals surface area contributed by atoms with Crippen molar-refractivity contribution in [2.75, 3.05) is 32.8 Å². The fraction of sp³-hybridized carbons (Fsp3) is 0.364. The van der Waals surface area contributed by atoms with Gasteiger partial charge in [-0.1, -0.05) is 36.4 Å². The topological polar surface area (TPSA) is 58.9 Å². The highest BCUT2D eigenvalue weighted by molar-refractivity contribution is 5.94. The normalized spacial score (nSPS) is 14.5. The van der Waals surface area contributed by atoms with Gasteiger partial charge < -0.3 is 19.4 Å². The van der Waals surface area contributed by atoms with Crippen molar-refractivity contribution in [1.82, 2.24) is 19.6 Å². The molecule has 1 aliphatic rings. The lowest BCUT2D eigenvalue weighted by atomic mass is 10.1. The largest absolute Gasteiger partial charge is 0.378 e. The summed E-state index contributed by atoms with van der Waals surface area (Å²) >= 11 is 0. The first-order chi connectivity index (χ1) is 13.8. The van der Waals surface area contributed by atoms with E-state index in [4.69, 9.17) is 4.74 Å². The van der Waals surface area contributed by atoms with E-state index in [9.17, 15) is 4.79 Å². The number of aromatic nitrogens is 2. The van der Waals surface area contributed by atoms with Gasteiger partial charge in [-0.05, 0) is 37.1 Å². The number of carbonyl (C=O) groups excluding carboxylic acids is 1. The number of fused-ring (bicyclic) bond motifs is 1. The Morgan fingerprint density at radius 1 is 1.07 bits per heavy atom. The second-order valence-electron chi connectivity index (χ2n) is 7.01. The van der Waals surface area contributed by atoms with E-state index in [1.165, 1.54) is 5.56 Å². The second kappa shape index (κ2) is 8.99. The van der Waals surface area contributed by atoms with Crippen LogP contribution in [0.4, 0.5) is 0 Å². The van der Waals surface area contributed by atoms with Crippen LogP contribution < -0.4 is 5.32 Å². The number of carbonyl (C=O) groups is 1. The van der Waals surface area contributed by atoms with Crippen LogP contribution in [0.5, 0.6) is 0 Å². The molecule has 1 aromatic carbocycles. The molecule has 1 saturated heterocycles. The van der Waals surface area contributed by atoms with Gasteiger partial charge in [-0.2, -0.15) is 0 Å². The van der Waals surface area contributed by atoms with Gasteiger partial charge >= 0.3 is 0 Å². The number of amides is 1. The first kappa shape index (κ1) is 18.7. The van der Waals surface area contributed by atoms with Gasteiger partial charge in [-0.15, -0.1) is 0 Å². The molecular formula is C22H26N4O2. The van der Waals surface area contributed by atoms with Crippen LogP contribution in [0.15, 0.2) is 54.7 Å². The maximum atomic E-state index is 13.0. The van der Waals surface area contributed by atoms with Crippen molar-refractivity contribution in [2.24, 2.45) is 0 Å². The van der Waals surface area contributed by atoms with Crippen LogP contribution in [-0.4, -0.2) is 53.0 Å². The van der Waals surface area contributed by atoms with Crippen molar-refractivity contribution >= 4 is 11.6 Å². The Labute approximate surface area is 165 Å². The Bertz CT molecular complexity index is 917. The molecule has 0 bridgehead atoms. The Hall–Kier alpha value is -2.70. The fourth-order valence-corrected chi connectivity index (χ4v) is 3.57. The average Bonchev–Trinajstić information content (AvgIpc) is 3.13. The highest BCUT2D eigenvalue weighted by Gasteiger charge is 2.25. The summed E-state index contributed by atoms with van der Waals surface area (Å²) in [6.45, 7) is 3.93. The average molecular weight is 378 g/mol. The van der Waals surface area contributed by atoms with Gasteiger partial charge in [-0.25, -0.2) is 4.98 Å². The summed E-state index contributed by atoms with van der Waals surface area (Å²) in [4.78, 5) is 19.5. The molecule has 6 heteroatoms. The van der Waals surface area contributed by atoms with Crippen LogP contribution in [-0.2, 0) is 17.7 Å². The molecule has 0 spiro atoms. The lowest BCUT2D eigenvalue weighted by molar-refractivity contribution is 0.0298. The number of ether oxygens (including phenoxy) is 1. The van der Waals surface area contributed by atoms with Gasteiger partial charge in [-0.3, -0.25) is 4.79 Å². The summed E-state index contributed by atoms with van der Waals surface area (Å²) < 4.78 is 7.38. The minimum absolute atomic E-state index is 0.00640. The molecule has 1 aliphatic heterocycles. The molecule has 3 heterocycles. The molecule has 0 radical (unpaired) electrons. The quantitative estimate of drug-likeness (QED) is 0.642. The minimum Gasteiger partial charge on any atom is -0.378 e. The number of nitrogens with zero attached hydrogens (tertiary/aromatic N) is 3. The smallest absolute Gasteiger partial charge is 0.274 e. The van der Waals surface area contributed by atoms with Crippen LogP contribution >= 0.6 is 0 Å². The maximum Gasteiger partial charge on any atom is 0.274 e. The van der Waals surface area contributed by atoms with Crippen molar-refractivity contribution in [3.8, 4) is 0 Å². The number of aryl methyl sites for hydroxylation is 1. The van der Waals surface area contributed by atoms with Gasteiger partial charge in [0.15, 0.2) is 5.69 Å². The van der Waals surface area contributed by atoms with Gasteiger partial charge in [0.2, 0.25) is 0 Å². The number of hydrogen-bond acceptors (Lipinski definition) is 4. The van der Waals surface area contributed by atoms with Gasteiger partial charge in [0.1, 0.15) is 5.65 Å². The molecule has 0 aliphatic carbocycles. The van der Waals surface area contributed by atoms with Crippen molar-refractivity contribution < 1.29 is 9.53 Å². The van der Waals surface area contributed by atoms with Crippen molar-refractivity contribution in [2.45, 2.75) is 19.4 Å². The summed E-state index contributed by atoms with van der Waals surface area (Å²) in [6.07, 6.45) is 4.06. The summed E-state index contributed by atoms with van der Waals surface area (Å²) in [6, 6.07) is 16.4. The molecule has 146 valence electrons. The third-order valence-electron chi connectivity index (χ3n) is 5.08. The zero-order chi connectivity index (χ0) is 19.2. The van der Waals surface area contributed by atoms with Crippen LogP contribution in [0.2, 0.25) is 0 Å². The van der Waals surface area contributed by atoms with Crippen LogP contribution in [0.25, 0.3) is 5.65 Å². The highest BCUT2D eigenvalue weighted by atomic mass is 16.5. The van der Waals surface area contributed by atoms with E-state index < -0.39 is 0 Å². The third kappa shape index (κ3) is 4.24. The number of rotatable bonds is 7. The molecule has 6 nitrogen and oxygen atoms in total.